The zero-order chi connectivity index (χ0) is 13.5. The van der Waals surface area contributed by atoms with Crippen LogP contribution in [0.1, 0.15) is 47.0 Å². The summed E-state index contributed by atoms with van der Waals surface area (Å²) in [5, 5.41) is 3.42. The van der Waals surface area contributed by atoms with Crippen molar-refractivity contribution in [1.82, 2.24) is 5.32 Å². The van der Waals surface area contributed by atoms with Gasteiger partial charge in [0.1, 0.15) is 0 Å². The van der Waals surface area contributed by atoms with E-state index in [0.29, 0.717) is 6.42 Å². The normalized spacial score (nSPS) is 15.0. The third-order valence-electron chi connectivity index (χ3n) is 2.59. The molecule has 0 aliphatic heterocycles. The van der Waals surface area contributed by atoms with E-state index in [1.54, 1.807) is 0 Å². The number of halogens is 3. The number of alkyl halides is 3. The molecule has 0 bridgehead atoms. The Hall–Kier alpha value is 0.100. The van der Waals surface area contributed by atoms with Gasteiger partial charge in [0.05, 0.1) is 0 Å². The summed E-state index contributed by atoms with van der Waals surface area (Å²) in [5.41, 5.74) is -3.99. The van der Waals surface area contributed by atoms with Crippen molar-refractivity contribution in [2.45, 2.75) is 58.5 Å². The Morgan fingerprint density at radius 2 is 1.76 bits per heavy atom. The van der Waals surface area contributed by atoms with Crippen LogP contribution in [0.15, 0.2) is 0 Å². The lowest BCUT2D eigenvalue weighted by atomic mass is 9.84. The van der Waals surface area contributed by atoms with Crippen LogP contribution in [0.5, 0.6) is 0 Å². The van der Waals surface area contributed by atoms with Gasteiger partial charge in [0.25, 0.3) is 0 Å². The van der Waals surface area contributed by atoms with Gasteiger partial charge in [0, 0.05) is 11.8 Å². The van der Waals surface area contributed by atoms with Crippen molar-refractivity contribution < 1.29 is 13.2 Å². The third-order valence-corrected chi connectivity index (χ3v) is 3.41. The molecule has 0 radical (unpaired) electrons. The molecule has 1 nitrogen and oxygen atoms in total. The van der Waals surface area contributed by atoms with E-state index in [0.717, 1.165) is 19.4 Å². The first-order valence-corrected chi connectivity index (χ1v) is 7.09. The molecule has 0 saturated carbocycles. The van der Waals surface area contributed by atoms with Crippen molar-refractivity contribution >= 4 is 11.8 Å². The summed E-state index contributed by atoms with van der Waals surface area (Å²) in [6, 6.07) is 0.288. The summed E-state index contributed by atoms with van der Waals surface area (Å²) in [6.07, 6.45) is 2.44. The van der Waals surface area contributed by atoms with Crippen molar-refractivity contribution in [2.24, 2.45) is 5.41 Å². The predicted octanol–water partition coefficient (Wildman–Crippen LogP) is 4.43. The molecule has 0 rings (SSSR count). The van der Waals surface area contributed by atoms with Crippen LogP contribution in [-0.2, 0) is 0 Å². The molecule has 17 heavy (non-hydrogen) atoms. The predicted molar refractivity (Wildman–Crippen MR) is 69.3 cm³/mol. The molecule has 1 N–H and O–H groups in total. The number of thioether (sulfide) groups is 1. The van der Waals surface area contributed by atoms with Crippen molar-refractivity contribution in [3.05, 3.63) is 0 Å². The van der Waals surface area contributed by atoms with Gasteiger partial charge < -0.3 is 5.32 Å². The smallest absolute Gasteiger partial charge is 0.313 e. The molecule has 0 aliphatic carbocycles. The second-order valence-corrected chi connectivity index (χ2v) is 6.47. The van der Waals surface area contributed by atoms with E-state index in [1.165, 1.54) is 0 Å². The highest BCUT2D eigenvalue weighted by Gasteiger charge is 2.28. The Balaban J connectivity index is 3.93. The van der Waals surface area contributed by atoms with E-state index in [1.807, 2.05) is 0 Å². The summed E-state index contributed by atoms with van der Waals surface area (Å²) < 4.78 is 35.9. The fraction of sp³-hybridized carbons (Fsp3) is 1.00. The highest BCUT2D eigenvalue weighted by atomic mass is 32.2. The third kappa shape index (κ3) is 9.77. The van der Waals surface area contributed by atoms with Crippen molar-refractivity contribution in [3.63, 3.8) is 0 Å². The van der Waals surface area contributed by atoms with Gasteiger partial charge in [0.2, 0.25) is 0 Å². The van der Waals surface area contributed by atoms with Crippen LogP contribution in [0.4, 0.5) is 13.2 Å². The number of hydrogen-bond donors (Lipinski definition) is 1. The maximum Gasteiger partial charge on any atom is 0.441 e. The van der Waals surface area contributed by atoms with Gasteiger partial charge in [-0.2, -0.15) is 13.2 Å². The Morgan fingerprint density at radius 1 is 1.18 bits per heavy atom. The molecule has 0 saturated heterocycles. The summed E-state index contributed by atoms with van der Waals surface area (Å²) in [4.78, 5) is 0. The monoisotopic (exact) mass is 271 g/mol. The molecule has 0 heterocycles. The lowest BCUT2D eigenvalue weighted by molar-refractivity contribution is -0.0328. The van der Waals surface area contributed by atoms with Crippen LogP contribution >= 0.6 is 11.8 Å². The second kappa shape index (κ2) is 7.52. The molecule has 0 aromatic rings. The van der Waals surface area contributed by atoms with E-state index < -0.39 is 5.51 Å². The van der Waals surface area contributed by atoms with E-state index in [9.17, 15) is 13.2 Å². The highest BCUT2D eigenvalue weighted by Crippen LogP contribution is 2.31. The summed E-state index contributed by atoms with van der Waals surface area (Å²) >= 11 is 0.0822. The van der Waals surface area contributed by atoms with Crippen LogP contribution in [0, 0.1) is 5.41 Å². The van der Waals surface area contributed by atoms with Crippen LogP contribution < -0.4 is 5.32 Å². The molecular formula is C12H24F3NS. The first-order valence-electron chi connectivity index (χ1n) is 6.11. The average molecular weight is 271 g/mol. The summed E-state index contributed by atoms with van der Waals surface area (Å²) in [7, 11) is 0. The van der Waals surface area contributed by atoms with Gasteiger partial charge in [-0.15, -0.1) is 0 Å². The molecule has 0 spiro atoms. The molecule has 0 amide bonds. The number of hydrogen-bond acceptors (Lipinski definition) is 2. The van der Waals surface area contributed by atoms with E-state index in [4.69, 9.17) is 0 Å². The van der Waals surface area contributed by atoms with Crippen molar-refractivity contribution in [3.8, 4) is 0 Å². The first-order chi connectivity index (χ1) is 7.67. The quantitative estimate of drug-likeness (QED) is 0.687. The van der Waals surface area contributed by atoms with Gasteiger partial charge in [-0.1, -0.05) is 39.5 Å². The fourth-order valence-electron chi connectivity index (χ4n) is 1.64. The molecule has 104 valence electrons. The zero-order valence-corrected chi connectivity index (χ0v) is 12.0. The van der Waals surface area contributed by atoms with E-state index in [2.05, 4.69) is 33.0 Å². The topological polar surface area (TPSA) is 12.0 Å². The Kier molecular flexibility index (Phi) is 7.56. The van der Waals surface area contributed by atoms with Crippen molar-refractivity contribution in [1.29, 1.82) is 0 Å². The Labute approximate surface area is 107 Å². The minimum Gasteiger partial charge on any atom is -0.313 e. The minimum absolute atomic E-state index is 0.0822. The summed E-state index contributed by atoms with van der Waals surface area (Å²) in [6.45, 7) is 9.38. The molecule has 0 aromatic carbocycles. The van der Waals surface area contributed by atoms with Crippen LogP contribution in [0.2, 0.25) is 0 Å². The molecule has 0 aliphatic rings. The zero-order valence-electron chi connectivity index (χ0n) is 11.2. The maximum atomic E-state index is 12.0. The average Bonchev–Trinajstić information content (AvgIpc) is 2.13. The van der Waals surface area contributed by atoms with Gasteiger partial charge >= 0.3 is 5.51 Å². The lowest BCUT2D eigenvalue weighted by Crippen LogP contribution is -2.40. The number of nitrogens with one attached hydrogen (secondary N) is 1. The first kappa shape index (κ1) is 17.1. The molecular weight excluding hydrogens is 247 g/mol. The SMILES string of the molecule is CCCNC(CCCSC(F)(F)F)C(C)(C)C. The highest BCUT2D eigenvalue weighted by molar-refractivity contribution is 8.00. The minimum atomic E-state index is -4.09. The Morgan fingerprint density at radius 3 is 2.18 bits per heavy atom. The Bertz CT molecular complexity index is 199. The number of rotatable bonds is 7. The lowest BCUT2D eigenvalue weighted by Gasteiger charge is -2.31. The van der Waals surface area contributed by atoms with Crippen LogP contribution in [0.3, 0.4) is 0 Å². The van der Waals surface area contributed by atoms with Crippen LogP contribution in [0.25, 0.3) is 0 Å². The second-order valence-electron chi connectivity index (χ2n) is 5.31. The summed E-state index contributed by atoms with van der Waals surface area (Å²) in [5.74, 6) is 0.157. The molecule has 0 fully saturated rings. The standard InChI is InChI=1S/C12H24F3NS/c1-5-8-16-10(11(2,3)4)7-6-9-17-12(13,14)15/h10,16H,5-9H2,1-4H3. The van der Waals surface area contributed by atoms with Crippen LogP contribution in [-0.4, -0.2) is 23.8 Å². The van der Waals surface area contributed by atoms with Gasteiger partial charge in [-0.25, -0.2) is 0 Å². The largest absolute Gasteiger partial charge is 0.441 e. The fourth-order valence-corrected chi connectivity index (χ4v) is 2.18. The van der Waals surface area contributed by atoms with Gasteiger partial charge in [-0.05, 0) is 31.2 Å². The molecule has 1 unspecified atom stereocenters. The van der Waals surface area contributed by atoms with E-state index in [-0.39, 0.29) is 29.0 Å². The van der Waals surface area contributed by atoms with Gasteiger partial charge in [-0.3, -0.25) is 0 Å². The maximum absolute atomic E-state index is 12.0. The molecule has 0 aromatic heterocycles. The molecule has 5 heteroatoms. The van der Waals surface area contributed by atoms with Gasteiger partial charge in [0.15, 0.2) is 0 Å². The van der Waals surface area contributed by atoms with Crippen molar-refractivity contribution in [2.75, 3.05) is 12.3 Å². The van der Waals surface area contributed by atoms with E-state index >= 15 is 0 Å². The molecule has 1 atom stereocenters.